The van der Waals surface area contributed by atoms with Crippen LogP contribution in [-0.4, -0.2) is 40.4 Å². The molecular formula is C20H23ClN4O. The van der Waals surface area contributed by atoms with E-state index in [0.717, 1.165) is 42.4 Å². The van der Waals surface area contributed by atoms with Gasteiger partial charge in [0, 0.05) is 42.2 Å². The van der Waals surface area contributed by atoms with Crippen LogP contribution in [0.5, 0.6) is 0 Å². The Balaban J connectivity index is 1.62. The molecule has 1 aromatic heterocycles. The molecule has 0 atom stereocenters. The van der Waals surface area contributed by atoms with Crippen LogP contribution in [-0.2, 0) is 13.0 Å². The molecule has 1 fully saturated rings. The van der Waals surface area contributed by atoms with Gasteiger partial charge in [-0.25, -0.2) is 9.97 Å². The van der Waals surface area contributed by atoms with E-state index in [0.29, 0.717) is 23.7 Å². The van der Waals surface area contributed by atoms with Gasteiger partial charge < -0.3 is 9.80 Å². The zero-order chi connectivity index (χ0) is 18.1. The van der Waals surface area contributed by atoms with Crippen LogP contribution in [0, 0.1) is 6.92 Å². The van der Waals surface area contributed by atoms with Crippen molar-refractivity contribution in [2.75, 3.05) is 24.5 Å². The van der Waals surface area contributed by atoms with E-state index in [9.17, 15) is 4.79 Å². The summed E-state index contributed by atoms with van der Waals surface area (Å²) in [6.07, 6.45) is 4.46. The molecule has 1 aromatic carbocycles. The molecule has 0 N–H and O–H groups in total. The predicted molar refractivity (Wildman–Crippen MR) is 103 cm³/mol. The van der Waals surface area contributed by atoms with Gasteiger partial charge in [-0.15, -0.1) is 0 Å². The highest BCUT2D eigenvalue weighted by Crippen LogP contribution is 2.29. The number of rotatable bonds is 2. The second-order valence-corrected chi connectivity index (χ2v) is 7.49. The Morgan fingerprint density at radius 3 is 2.50 bits per heavy atom. The molecule has 2 aromatic rings. The third kappa shape index (κ3) is 3.40. The highest BCUT2D eigenvalue weighted by Gasteiger charge is 2.28. The molecule has 0 saturated carbocycles. The van der Waals surface area contributed by atoms with Gasteiger partial charge in [-0.1, -0.05) is 11.6 Å². The van der Waals surface area contributed by atoms with E-state index < -0.39 is 0 Å². The number of piperidine rings is 1. The molecule has 26 heavy (non-hydrogen) atoms. The number of nitrogens with zero attached hydrogens (tertiary/aromatic N) is 4. The van der Waals surface area contributed by atoms with Crippen LogP contribution in [0.3, 0.4) is 0 Å². The molecule has 3 heterocycles. The van der Waals surface area contributed by atoms with Gasteiger partial charge >= 0.3 is 0 Å². The largest absolute Gasteiger partial charge is 0.356 e. The SMILES string of the molecule is Cc1nc2c(c(N3CCCCC3)n1)CN(C(=O)c1ccc(Cl)cc1)CC2. The van der Waals surface area contributed by atoms with Gasteiger partial charge in [-0.3, -0.25) is 4.79 Å². The van der Waals surface area contributed by atoms with E-state index in [2.05, 4.69) is 9.88 Å². The molecule has 0 radical (unpaired) electrons. The number of anilines is 1. The van der Waals surface area contributed by atoms with Crippen molar-refractivity contribution in [3.05, 3.63) is 51.9 Å². The van der Waals surface area contributed by atoms with Crippen molar-refractivity contribution < 1.29 is 4.79 Å². The zero-order valence-electron chi connectivity index (χ0n) is 15.0. The number of benzene rings is 1. The first-order valence-electron chi connectivity index (χ1n) is 9.28. The van der Waals surface area contributed by atoms with Crippen LogP contribution in [0.4, 0.5) is 5.82 Å². The standard InChI is InChI=1S/C20H23ClN4O/c1-14-22-18-9-12-25(20(26)15-5-7-16(21)8-6-15)13-17(18)19(23-14)24-10-3-2-4-11-24/h5-8H,2-4,9-13H2,1H3. The Morgan fingerprint density at radius 1 is 1.04 bits per heavy atom. The van der Waals surface area contributed by atoms with Gasteiger partial charge in [0.1, 0.15) is 11.6 Å². The Morgan fingerprint density at radius 2 is 1.77 bits per heavy atom. The Hall–Kier alpha value is -2.14. The maximum Gasteiger partial charge on any atom is 0.254 e. The maximum absolute atomic E-state index is 12.9. The van der Waals surface area contributed by atoms with Crippen LogP contribution < -0.4 is 4.90 Å². The Labute approximate surface area is 159 Å². The van der Waals surface area contributed by atoms with Crippen LogP contribution in [0.1, 0.15) is 46.7 Å². The molecule has 2 aliphatic heterocycles. The number of amides is 1. The summed E-state index contributed by atoms with van der Waals surface area (Å²) in [4.78, 5) is 26.6. The van der Waals surface area contributed by atoms with Crippen molar-refractivity contribution in [1.82, 2.24) is 14.9 Å². The van der Waals surface area contributed by atoms with E-state index >= 15 is 0 Å². The molecule has 6 heteroatoms. The van der Waals surface area contributed by atoms with Gasteiger partial charge in [-0.05, 0) is 50.5 Å². The van der Waals surface area contributed by atoms with E-state index in [1.807, 2.05) is 11.8 Å². The summed E-state index contributed by atoms with van der Waals surface area (Å²) in [7, 11) is 0. The lowest BCUT2D eigenvalue weighted by Gasteiger charge is -2.34. The lowest BCUT2D eigenvalue weighted by Crippen LogP contribution is -2.39. The average Bonchev–Trinajstić information content (AvgIpc) is 2.68. The van der Waals surface area contributed by atoms with Crippen molar-refractivity contribution in [3.63, 3.8) is 0 Å². The first-order valence-corrected chi connectivity index (χ1v) is 9.66. The topological polar surface area (TPSA) is 49.3 Å². The summed E-state index contributed by atoms with van der Waals surface area (Å²) in [5, 5.41) is 0.641. The second kappa shape index (κ2) is 7.23. The van der Waals surface area contributed by atoms with Gasteiger partial charge in [0.05, 0.1) is 12.2 Å². The van der Waals surface area contributed by atoms with E-state index in [4.69, 9.17) is 16.6 Å². The fraction of sp³-hybridized carbons (Fsp3) is 0.450. The molecule has 5 nitrogen and oxygen atoms in total. The van der Waals surface area contributed by atoms with Crippen LogP contribution in [0.25, 0.3) is 0 Å². The number of hydrogen-bond donors (Lipinski definition) is 0. The predicted octanol–water partition coefficient (Wildman–Crippen LogP) is 3.63. The normalized spacial score (nSPS) is 17.2. The third-order valence-electron chi connectivity index (χ3n) is 5.18. The van der Waals surface area contributed by atoms with Gasteiger partial charge in [-0.2, -0.15) is 0 Å². The van der Waals surface area contributed by atoms with E-state index in [1.165, 1.54) is 19.3 Å². The minimum atomic E-state index is 0.0393. The van der Waals surface area contributed by atoms with Crippen molar-refractivity contribution >= 4 is 23.3 Å². The van der Waals surface area contributed by atoms with Crippen molar-refractivity contribution in [3.8, 4) is 0 Å². The van der Waals surface area contributed by atoms with Gasteiger partial charge in [0.25, 0.3) is 5.91 Å². The zero-order valence-corrected chi connectivity index (χ0v) is 15.8. The number of hydrogen-bond acceptors (Lipinski definition) is 4. The minimum Gasteiger partial charge on any atom is -0.356 e. The van der Waals surface area contributed by atoms with Crippen molar-refractivity contribution in [1.29, 1.82) is 0 Å². The fourth-order valence-corrected chi connectivity index (χ4v) is 3.96. The number of aromatic nitrogens is 2. The quantitative estimate of drug-likeness (QED) is 0.810. The van der Waals surface area contributed by atoms with E-state index in [-0.39, 0.29) is 5.91 Å². The van der Waals surface area contributed by atoms with E-state index in [1.54, 1.807) is 24.3 Å². The summed E-state index contributed by atoms with van der Waals surface area (Å²) >= 11 is 5.94. The van der Waals surface area contributed by atoms with Gasteiger partial charge in [0.2, 0.25) is 0 Å². The number of aryl methyl sites for hydroxylation is 1. The molecule has 0 spiro atoms. The van der Waals surface area contributed by atoms with Crippen LogP contribution in [0.15, 0.2) is 24.3 Å². The summed E-state index contributed by atoms with van der Waals surface area (Å²) in [5.74, 6) is 1.89. The second-order valence-electron chi connectivity index (χ2n) is 7.05. The van der Waals surface area contributed by atoms with Crippen LogP contribution in [0.2, 0.25) is 5.02 Å². The minimum absolute atomic E-state index is 0.0393. The molecular weight excluding hydrogens is 348 g/mol. The number of fused-ring (bicyclic) bond motifs is 1. The molecule has 0 aliphatic carbocycles. The molecule has 0 bridgehead atoms. The number of carbonyl (C=O) groups is 1. The highest BCUT2D eigenvalue weighted by atomic mass is 35.5. The van der Waals surface area contributed by atoms with Crippen LogP contribution >= 0.6 is 11.6 Å². The Bertz CT molecular complexity index is 815. The lowest BCUT2D eigenvalue weighted by molar-refractivity contribution is 0.0733. The molecule has 0 unspecified atom stereocenters. The summed E-state index contributed by atoms with van der Waals surface area (Å²) < 4.78 is 0. The molecule has 4 rings (SSSR count). The van der Waals surface area contributed by atoms with Crippen molar-refractivity contribution in [2.45, 2.75) is 39.2 Å². The molecule has 1 saturated heterocycles. The molecule has 1 amide bonds. The molecule has 136 valence electrons. The Kier molecular flexibility index (Phi) is 4.81. The third-order valence-corrected chi connectivity index (χ3v) is 5.44. The number of carbonyl (C=O) groups excluding carboxylic acids is 1. The highest BCUT2D eigenvalue weighted by molar-refractivity contribution is 6.30. The smallest absolute Gasteiger partial charge is 0.254 e. The molecule has 2 aliphatic rings. The summed E-state index contributed by atoms with van der Waals surface area (Å²) in [6, 6.07) is 7.10. The summed E-state index contributed by atoms with van der Waals surface area (Å²) in [6.45, 7) is 5.29. The maximum atomic E-state index is 12.9. The lowest BCUT2D eigenvalue weighted by atomic mass is 10.0. The average molecular weight is 371 g/mol. The van der Waals surface area contributed by atoms with Crippen molar-refractivity contribution in [2.24, 2.45) is 0 Å². The monoisotopic (exact) mass is 370 g/mol. The fourth-order valence-electron chi connectivity index (χ4n) is 3.83. The first kappa shape index (κ1) is 17.3. The summed E-state index contributed by atoms with van der Waals surface area (Å²) in [5.41, 5.74) is 2.88. The first-order chi connectivity index (χ1) is 12.6. The van der Waals surface area contributed by atoms with Gasteiger partial charge in [0.15, 0.2) is 0 Å². The number of halogens is 1.